The maximum absolute atomic E-state index is 5.86. The van der Waals surface area contributed by atoms with Gasteiger partial charge in [-0.2, -0.15) is 0 Å². The quantitative estimate of drug-likeness (QED) is 0.797. The fourth-order valence-electron chi connectivity index (χ4n) is 1.14. The van der Waals surface area contributed by atoms with Gasteiger partial charge in [-0.15, -0.1) is 0 Å². The predicted octanol–water partition coefficient (Wildman–Crippen LogP) is 2.50. The number of aryl methyl sites for hydroxylation is 1. The van der Waals surface area contributed by atoms with Crippen molar-refractivity contribution >= 4 is 0 Å². The number of hydrogen-bond donors (Lipinski definition) is 1. The van der Waals surface area contributed by atoms with Crippen molar-refractivity contribution in [2.75, 3.05) is 6.61 Å². The van der Waals surface area contributed by atoms with Gasteiger partial charge in [-0.3, -0.25) is 0 Å². The van der Waals surface area contributed by atoms with Crippen molar-refractivity contribution < 1.29 is 4.74 Å². The third-order valence-corrected chi connectivity index (χ3v) is 2.10. The van der Waals surface area contributed by atoms with Crippen molar-refractivity contribution in [1.29, 1.82) is 0 Å². The van der Waals surface area contributed by atoms with Gasteiger partial charge in [0.1, 0.15) is 5.75 Å². The van der Waals surface area contributed by atoms with Gasteiger partial charge in [0.15, 0.2) is 0 Å². The van der Waals surface area contributed by atoms with Crippen LogP contribution in [0.4, 0.5) is 0 Å². The number of ether oxygens (including phenoxy) is 1. The molecule has 1 aromatic rings. The maximum Gasteiger partial charge on any atom is 0.122 e. The summed E-state index contributed by atoms with van der Waals surface area (Å²) in [5.74, 6) is 0.955. The zero-order chi connectivity index (χ0) is 10.6. The maximum atomic E-state index is 5.86. The number of hydrogen-bond acceptors (Lipinski definition) is 2. The summed E-state index contributed by atoms with van der Waals surface area (Å²) < 4.78 is 5.63. The fraction of sp³-hybridized carbons (Fsp3) is 0.500. The Balaban J connectivity index is 2.43. The summed E-state index contributed by atoms with van der Waals surface area (Å²) in [7, 11) is 0. The minimum atomic E-state index is -0.150. The molecule has 0 unspecified atom stereocenters. The van der Waals surface area contributed by atoms with Gasteiger partial charge in [0.2, 0.25) is 0 Å². The van der Waals surface area contributed by atoms with E-state index in [1.807, 2.05) is 45.0 Å². The van der Waals surface area contributed by atoms with Gasteiger partial charge in [-0.05, 0) is 38.8 Å². The lowest BCUT2D eigenvalue weighted by molar-refractivity contribution is 0.272. The second kappa shape index (κ2) is 4.47. The molecule has 0 aliphatic rings. The minimum Gasteiger partial charge on any atom is -0.493 e. The largest absolute Gasteiger partial charge is 0.493 e. The first kappa shape index (κ1) is 11.1. The Kier molecular flexibility index (Phi) is 3.53. The van der Waals surface area contributed by atoms with Crippen LogP contribution in [-0.4, -0.2) is 12.1 Å². The molecule has 0 amide bonds. The van der Waals surface area contributed by atoms with Gasteiger partial charge in [0.25, 0.3) is 0 Å². The van der Waals surface area contributed by atoms with E-state index in [4.69, 9.17) is 10.5 Å². The Labute approximate surface area is 86.1 Å². The third kappa shape index (κ3) is 3.79. The van der Waals surface area contributed by atoms with Gasteiger partial charge in [0, 0.05) is 5.54 Å². The summed E-state index contributed by atoms with van der Waals surface area (Å²) in [6.45, 7) is 6.74. The summed E-state index contributed by atoms with van der Waals surface area (Å²) >= 11 is 0. The molecule has 0 aliphatic heterocycles. The van der Waals surface area contributed by atoms with E-state index >= 15 is 0 Å². The van der Waals surface area contributed by atoms with Crippen molar-refractivity contribution in [1.82, 2.24) is 0 Å². The zero-order valence-electron chi connectivity index (χ0n) is 9.21. The molecule has 0 aromatic heterocycles. The Hall–Kier alpha value is -1.02. The van der Waals surface area contributed by atoms with Gasteiger partial charge >= 0.3 is 0 Å². The van der Waals surface area contributed by atoms with E-state index < -0.39 is 0 Å². The molecule has 1 aromatic carbocycles. The van der Waals surface area contributed by atoms with Crippen LogP contribution in [0.1, 0.15) is 25.8 Å². The summed E-state index contributed by atoms with van der Waals surface area (Å²) in [5, 5.41) is 0. The van der Waals surface area contributed by atoms with Crippen LogP contribution in [0.2, 0.25) is 0 Å². The summed E-state index contributed by atoms with van der Waals surface area (Å²) in [6, 6.07) is 8.02. The zero-order valence-corrected chi connectivity index (χ0v) is 9.21. The molecule has 0 radical (unpaired) electrons. The van der Waals surface area contributed by atoms with E-state index in [0.717, 1.165) is 12.2 Å². The number of benzene rings is 1. The topological polar surface area (TPSA) is 35.2 Å². The highest BCUT2D eigenvalue weighted by molar-refractivity contribution is 5.31. The highest BCUT2D eigenvalue weighted by Crippen LogP contribution is 2.17. The smallest absolute Gasteiger partial charge is 0.122 e. The predicted molar refractivity (Wildman–Crippen MR) is 59.6 cm³/mol. The second-order valence-corrected chi connectivity index (χ2v) is 4.35. The first-order valence-electron chi connectivity index (χ1n) is 4.96. The Morgan fingerprint density at radius 1 is 1.29 bits per heavy atom. The van der Waals surface area contributed by atoms with Crippen molar-refractivity contribution in [3.63, 3.8) is 0 Å². The van der Waals surface area contributed by atoms with E-state index in [1.165, 1.54) is 5.56 Å². The van der Waals surface area contributed by atoms with Crippen LogP contribution >= 0.6 is 0 Å². The van der Waals surface area contributed by atoms with Gasteiger partial charge in [-0.1, -0.05) is 18.2 Å². The Bertz CT molecular complexity index is 289. The molecule has 1 rings (SSSR count). The third-order valence-electron chi connectivity index (χ3n) is 2.10. The van der Waals surface area contributed by atoms with Crippen LogP contribution < -0.4 is 10.5 Å². The number of para-hydroxylation sites is 1. The summed E-state index contributed by atoms with van der Waals surface area (Å²) in [4.78, 5) is 0. The number of rotatable bonds is 4. The molecular weight excluding hydrogens is 174 g/mol. The molecule has 78 valence electrons. The molecule has 0 atom stereocenters. The van der Waals surface area contributed by atoms with Crippen LogP contribution in [0.5, 0.6) is 5.75 Å². The van der Waals surface area contributed by atoms with Gasteiger partial charge < -0.3 is 10.5 Å². The average Bonchev–Trinajstić information content (AvgIpc) is 2.06. The lowest BCUT2D eigenvalue weighted by Gasteiger charge is -2.18. The van der Waals surface area contributed by atoms with Gasteiger partial charge in [0.05, 0.1) is 6.61 Å². The molecule has 0 saturated heterocycles. The van der Waals surface area contributed by atoms with Crippen LogP contribution in [0.25, 0.3) is 0 Å². The average molecular weight is 193 g/mol. The van der Waals surface area contributed by atoms with E-state index in [2.05, 4.69) is 0 Å². The standard InChI is InChI=1S/C12H19NO/c1-10-6-4-5-7-11(10)14-9-8-12(2,3)13/h4-7H,8-9,13H2,1-3H3. The van der Waals surface area contributed by atoms with Crippen LogP contribution in [0, 0.1) is 6.92 Å². The summed E-state index contributed by atoms with van der Waals surface area (Å²) in [6.07, 6.45) is 0.862. The Morgan fingerprint density at radius 2 is 1.93 bits per heavy atom. The molecule has 0 heterocycles. The normalized spacial score (nSPS) is 11.4. The highest BCUT2D eigenvalue weighted by atomic mass is 16.5. The molecule has 2 heteroatoms. The van der Waals surface area contributed by atoms with E-state index in [0.29, 0.717) is 6.61 Å². The SMILES string of the molecule is Cc1ccccc1OCCC(C)(C)N. The molecule has 2 N–H and O–H groups in total. The lowest BCUT2D eigenvalue weighted by atomic mass is 10.0. The number of nitrogens with two attached hydrogens (primary N) is 1. The van der Waals surface area contributed by atoms with Gasteiger partial charge in [-0.25, -0.2) is 0 Å². The monoisotopic (exact) mass is 193 g/mol. The molecule has 0 fully saturated rings. The second-order valence-electron chi connectivity index (χ2n) is 4.35. The van der Waals surface area contributed by atoms with Crippen molar-refractivity contribution in [3.8, 4) is 5.75 Å². The van der Waals surface area contributed by atoms with E-state index in [1.54, 1.807) is 0 Å². The van der Waals surface area contributed by atoms with E-state index in [-0.39, 0.29) is 5.54 Å². The van der Waals surface area contributed by atoms with Crippen LogP contribution in [-0.2, 0) is 0 Å². The van der Waals surface area contributed by atoms with Crippen molar-refractivity contribution in [3.05, 3.63) is 29.8 Å². The van der Waals surface area contributed by atoms with E-state index in [9.17, 15) is 0 Å². The van der Waals surface area contributed by atoms with Crippen LogP contribution in [0.3, 0.4) is 0 Å². The Morgan fingerprint density at radius 3 is 2.50 bits per heavy atom. The van der Waals surface area contributed by atoms with Crippen LogP contribution in [0.15, 0.2) is 24.3 Å². The summed E-state index contributed by atoms with van der Waals surface area (Å²) in [5.41, 5.74) is 6.88. The molecule has 0 aliphatic carbocycles. The lowest BCUT2D eigenvalue weighted by Crippen LogP contribution is -2.33. The van der Waals surface area contributed by atoms with Crippen molar-refractivity contribution in [2.24, 2.45) is 5.73 Å². The molecule has 0 saturated carbocycles. The fourth-order valence-corrected chi connectivity index (χ4v) is 1.14. The molecular formula is C12H19NO. The molecule has 2 nitrogen and oxygen atoms in total. The molecule has 0 bridgehead atoms. The van der Waals surface area contributed by atoms with Crippen molar-refractivity contribution in [2.45, 2.75) is 32.7 Å². The first-order valence-corrected chi connectivity index (χ1v) is 4.96. The minimum absolute atomic E-state index is 0.150. The molecule has 0 spiro atoms. The highest BCUT2D eigenvalue weighted by Gasteiger charge is 2.10. The first-order chi connectivity index (χ1) is 6.49. The molecule has 14 heavy (non-hydrogen) atoms.